The van der Waals surface area contributed by atoms with Gasteiger partial charge in [-0.15, -0.1) is 13.2 Å². The Labute approximate surface area is 200 Å². The summed E-state index contributed by atoms with van der Waals surface area (Å²) in [6.07, 6.45) is -1.21. The predicted octanol–water partition coefficient (Wildman–Crippen LogP) is 3.42. The minimum absolute atomic E-state index is 0.114. The number of carbonyl (C=O) groups is 1. The molecule has 6 rings (SSSR count). The van der Waals surface area contributed by atoms with Gasteiger partial charge in [-0.2, -0.15) is 0 Å². The van der Waals surface area contributed by atoms with Crippen molar-refractivity contribution < 1.29 is 31.8 Å². The third-order valence-corrected chi connectivity index (χ3v) is 6.45. The zero-order valence-corrected chi connectivity index (χ0v) is 18.7. The Morgan fingerprint density at radius 1 is 1.22 bits per heavy atom. The van der Waals surface area contributed by atoms with Gasteiger partial charge in [0.2, 0.25) is 0 Å². The zero-order valence-electron chi connectivity index (χ0n) is 18.7. The number of morpholine rings is 1. The van der Waals surface area contributed by atoms with E-state index in [1.54, 1.807) is 29.9 Å². The van der Waals surface area contributed by atoms with Crippen LogP contribution >= 0.6 is 0 Å². The normalized spacial score (nSPS) is 21.6. The summed E-state index contributed by atoms with van der Waals surface area (Å²) in [6, 6.07) is 2.88. The molecule has 3 aromatic heterocycles. The van der Waals surface area contributed by atoms with Crippen molar-refractivity contribution in [2.24, 2.45) is 0 Å². The summed E-state index contributed by atoms with van der Waals surface area (Å²) in [4.78, 5) is 27.9. The van der Waals surface area contributed by atoms with E-state index in [-0.39, 0.29) is 30.6 Å². The largest absolute Gasteiger partial charge is 0.573 e. The Hall–Kier alpha value is -4.00. The average molecular weight is 502 g/mol. The molecule has 9 nitrogen and oxygen atoms in total. The molecular formula is C23H18F4N6O3. The van der Waals surface area contributed by atoms with Crippen molar-refractivity contribution in [1.82, 2.24) is 24.3 Å². The van der Waals surface area contributed by atoms with Crippen LogP contribution in [0.3, 0.4) is 0 Å². The van der Waals surface area contributed by atoms with Crippen LogP contribution in [0.2, 0.25) is 0 Å². The average Bonchev–Trinajstić information content (AvgIpc) is 3.43. The number of hydrogen-bond acceptors (Lipinski definition) is 7. The highest BCUT2D eigenvalue weighted by molar-refractivity contribution is 5.96. The molecule has 4 heterocycles. The van der Waals surface area contributed by atoms with Crippen LogP contribution in [0.15, 0.2) is 36.9 Å². The third-order valence-electron chi connectivity index (χ3n) is 6.45. The maximum atomic E-state index is 14.6. The predicted molar refractivity (Wildman–Crippen MR) is 118 cm³/mol. The van der Waals surface area contributed by atoms with Crippen molar-refractivity contribution in [3.8, 4) is 5.75 Å². The van der Waals surface area contributed by atoms with E-state index < -0.39 is 36.0 Å². The van der Waals surface area contributed by atoms with Crippen LogP contribution < -0.4 is 10.5 Å². The fourth-order valence-electron chi connectivity index (χ4n) is 5.07. The number of nitrogen functional groups attached to an aromatic ring is 1. The minimum atomic E-state index is -5.03. The van der Waals surface area contributed by atoms with E-state index in [1.807, 2.05) is 0 Å². The minimum Gasteiger partial charge on any atom is -0.403 e. The number of amides is 1. The van der Waals surface area contributed by atoms with Gasteiger partial charge < -0.3 is 20.1 Å². The lowest BCUT2D eigenvalue weighted by molar-refractivity contribution is -0.275. The van der Waals surface area contributed by atoms with Gasteiger partial charge in [-0.1, -0.05) is 0 Å². The molecule has 2 aliphatic rings. The number of alkyl halides is 3. The first-order chi connectivity index (χ1) is 17.1. The first-order valence-electron chi connectivity index (χ1n) is 11.0. The second kappa shape index (κ2) is 7.75. The second-order valence-electron chi connectivity index (χ2n) is 8.83. The number of ether oxygens (including phenoxy) is 2. The monoisotopic (exact) mass is 502 g/mol. The standard InChI is InChI=1S/C23H18F4N6O3/c1-10-8-32(20-12-4-13(24)18(36-23(25,26)27)2-11(12)3-19(20)35-10)22(34)14-5-16-15(6-30-14)31-21(28)17-7-29-9-33(16)17/h2,4-7,9-10,19-20H,3,8H2,1H3,(H2,28,31)/t10-,19+,20-/m0/s1. The van der Waals surface area contributed by atoms with Crippen molar-refractivity contribution in [2.45, 2.75) is 38.0 Å². The number of aromatic nitrogens is 4. The number of imidazole rings is 1. The second-order valence-corrected chi connectivity index (χ2v) is 8.83. The number of carbonyl (C=O) groups excluding carboxylic acids is 1. The highest BCUT2D eigenvalue weighted by Crippen LogP contribution is 2.44. The number of nitrogens with zero attached hydrogens (tertiary/aromatic N) is 5. The Kier molecular flexibility index (Phi) is 4.84. The zero-order chi connectivity index (χ0) is 25.4. The molecular weight excluding hydrogens is 484 g/mol. The Bertz CT molecular complexity index is 1540. The lowest BCUT2D eigenvalue weighted by Crippen LogP contribution is -2.50. The summed E-state index contributed by atoms with van der Waals surface area (Å²) < 4.78 is 64.2. The van der Waals surface area contributed by atoms with Crippen molar-refractivity contribution in [3.05, 3.63) is 59.6 Å². The van der Waals surface area contributed by atoms with E-state index in [2.05, 4.69) is 19.7 Å². The number of anilines is 1. The summed E-state index contributed by atoms with van der Waals surface area (Å²) in [6.45, 7) is 1.97. The topological polar surface area (TPSA) is 108 Å². The maximum absolute atomic E-state index is 14.6. The maximum Gasteiger partial charge on any atom is 0.573 e. The molecule has 3 atom stereocenters. The molecule has 1 aromatic carbocycles. The molecule has 186 valence electrons. The van der Waals surface area contributed by atoms with Gasteiger partial charge in [0.25, 0.3) is 5.91 Å². The van der Waals surface area contributed by atoms with Gasteiger partial charge in [-0.05, 0) is 36.2 Å². The Balaban J connectivity index is 1.40. The number of pyridine rings is 1. The number of benzene rings is 1. The van der Waals surface area contributed by atoms with Gasteiger partial charge in [0.05, 0.1) is 42.5 Å². The molecule has 0 saturated carbocycles. The van der Waals surface area contributed by atoms with Crippen LogP contribution in [-0.2, 0) is 11.2 Å². The third kappa shape index (κ3) is 3.58. The number of rotatable bonds is 2. The summed E-state index contributed by atoms with van der Waals surface area (Å²) in [7, 11) is 0. The molecule has 36 heavy (non-hydrogen) atoms. The van der Waals surface area contributed by atoms with E-state index >= 15 is 0 Å². The van der Waals surface area contributed by atoms with E-state index in [1.165, 1.54) is 11.1 Å². The highest BCUT2D eigenvalue weighted by Gasteiger charge is 2.45. The van der Waals surface area contributed by atoms with Gasteiger partial charge >= 0.3 is 6.36 Å². The van der Waals surface area contributed by atoms with E-state index in [9.17, 15) is 22.4 Å². The van der Waals surface area contributed by atoms with Crippen LogP contribution in [0.4, 0.5) is 23.4 Å². The molecule has 1 amide bonds. The molecule has 13 heteroatoms. The van der Waals surface area contributed by atoms with E-state index in [0.29, 0.717) is 27.7 Å². The molecule has 4 aromatic rings. The molecule has 1 fully saturated rings. The summed E-state index contributed by atoms with van der Waals surface area (Å²) in [5, 5.41) is 0. The van der Waals surface area contributed by atoms with Crippen molar-refractivity contribution in [3.63, 3.8) is 0 Å². The fourth-order valence-corrected chi connectivity index (χ4v) is 5.07. The van der Waals surface area contributed by atoms with Gasteiger partial charge in [-0.3, -0.25) is 9.20 Å². The van der Waals surface area contributed by atoms with Crippen LogP contribution in [0, 0.1) is 5.82 Å². The summed E-state index contributed by atoms with van der Waals surface area (Å²) >= 11 is 0. The lowest BCUT2D eigenvalue weighted by atomic mass is 10.0. The van der Waals surface area contributed by atoms with Gasteiger partial charge in [0.15, 0.2) is 11.6 Å². The highest BCUT2D eigenvalue weighted by atomic mass is 19.4. The van der Waals surface area contributed by atoms with Gasteiger partial charge in [0.1, 0.15) is 22.5 Å². The first kappa shape index (κ1) is 22.5. The first-order valence-corrected chi connectivity index (χ1v) is 11.0. The van der Waals surface area contributed by atoms with Crippen molar-refractivity contribution in [1.29, 1.82) is 0 Å². The number of nitrogens with two attached hydrogens (primary N) is 1. The number of halogens is 4. The smallest absolute Gasteiger partial charge is 0.403 e. The van der Waals surface area contributed by atoms with Crippen LogP contribution in [-0.4, -0.2) is 55.3 Å². The molecule has 1 aliphatic carbocycles. The SMILES string of the molecule is C[C@H]1CN(C(=O)c2cc3c(cn2)nc(N)c2cncn23)[C@H]2c3cc(F)c(OC(F)(F)F)cc3C[C@H]2O1. The summed E-state index contributed by atoms with van der Waals surface area (Å²) in [5.41, 5.74) is 8.48. The fraction of sp³-hybridized carbons (Fsp3) is 0.304. The van der Waals surface area contributed by atoms with E-state index in [0.717, 1.165) is 12.1 Å². The van der Waals surface area contributed by atoms with Crippen molar-refractivity contribution >= 4 is 28.3 Å². The van der Waals surface area contributed by atoms with Crippen LogP contribution in [0.5, 0.6) is 5.75 Å². The molecule has 2 N–H and O–H groups in total. The van der Waals surface area contributed by atoms with Crippen LogP contribution in [0.25, 0.3) is 16.6 Å². The Morgan fingerprint density at radius 3 is 2.81 bits per heavy atom. The molecule has 0 bridgehead atoms. The number of fused-ring (bicyclic) bond motifs is 6. The molecule has 0 unspecified atom stereocenters. The van der Waals surface area contributed by atoms with Gasteiger partial charge in [0, 0.05) is 13.0 Å². The van der Waals surface area contributed by atoms with Gasteiger partial charge in [-0.25, -0.2) is 19.3 Å². The molecule has 1 aliphatic heterocycles. The molecule has 0 spiro atoms. The number of hydrogen-bond donors (Lipinski definition) is 1. The quantitative estimate of drug-likeness (QED) is 0.419. The Morgan fingerprint density at radius 2 is 2.03 bits per heavy atom. The van der Waals surface area contributed by atoms with E-state index in [4.69, 9.17) is 10.5 Å². The molecule has 1 saturated heterocycles. The molecule has 0 radical (unpaired) electrons. The lowest BCUT2D eigenvalue weighted by Gasteiger charge is -2.41. The van der Waals surface area contributed by atoms with Crippen LogP contribution in [0.1, 0.15) is 34.6 Å². The summed E-state index contributed by atoms with van der Waals surface area (Å²) in [5.74, 6) is -2.26. The van der Waals surface area contributed by atoms with Crippen molar-refractivity contribution in [2.75, 3.05) is 12.3 Å².